The van der Waals surface area contributed by atoms with E-state index in [0.29, 0.717) is 18.4 Å². The normalized spacial score (nSPS) is 13.6. The molecular weight excluding hydrogens is 422 g/mol. The molecule has 0 aliphatic rings. The molecule has 0 spiro atoms. The third-order valence-corrected chi connectivity index (χ3v) is 5.17. The predicted octanol–water partition coefficient (Wildman–Crippen LogP) is 1.55. The molecule has 0 fully saturated rings. The first-order valence-electron chi connectivity index (χ1n) is 10.9. The third-order valence-electron chi connectivity index (χ3n) is 5.17. The van der Waals surface area contributed by atoms with Gasteiger partial charge in [-0.15, -0.1) is 0 Å². The standard InChI is InChI=1S/C25H33N3O5/c1-16(2)13-21(23(30)27-15-18-9-11-19(12-10-18)25(32)33-3)28-24(31)22(29)20(26)14-17-7-5-4-6-8-17/h4-12,16,20-22,29H,13-15,26H2,1-3H3,(H,27,30)(H,28,31)/t20-,21+,22+/m1/s1. The molecule has 2 amide bonds. The Morgan fingerprint density at radius 2 is 1.61 bits per heavy atom. The Hall–Kier alpha value is -3.23. The van der Waals surface area contributed by atoms with Gasteiger partial charge in [0, 0.05) is 12.6 Å². The second kappa shape index (κ2) is 12.7. The topological polar surface area (TPSA) is 131 Å². The lowest BCUT2D eigenvalue weighted by Gasteiger charge is -2.24. The van der Waals surface area contributed by atoms with E-state index in [4.69, 9.17) is 5.73 Å². The van der Waals surface area contributed by atoms with Gasteiger partial charge in [0.05, 0.1) is 12.7 Å². The van der Waals surface area contributed by atoms with Crippen LogP contribution in [0.3, 0.4) is 0 Å². The van der Waals surface area contributed by atoms with Gasteiger partial charge < -0.3 is 26.2 Å². The number of hydrogen-bond acceptors (Lipinski definition) is 6. The number of nitrogens with two attached hydrogens (primary N) is 1. The molecule has 33 heavy (non-hydrogen) atoms. The van der Waals surface area contributed by atoms with Crippen LogP contribution in [0.25, 0.3) is 0 Å². The number of nitrogens with one attached hydrogen (secondary N) is 2. The van der Waals surface area contributed by atoms with Crippen molar-refractivity contribution in [3.8, 4) is 0 Å². The monoisotopic (exact) mass is 455 g/mol. The molecule has 8 nitrogen and oxygen atoms in total. The molecule has 2 aromatic carbocycles. The maximum Gasteiger partial charge on any atom is 0.337 e. The number of aliphatic hydroxyl groups excluding tert-OH is 1. The number of methoxy groups -OCH3 is 1. The summed E-state index contributed by atoms with van der Waals surface area (Å²) in [5, 5.41) is 15.8. The number of carbonyl (C=O) groups excluding carboxylic acids is 3. The molecule has 0 unspecified atom stereocenters. The van der Waals surface area contributed by atoms with Crippen LogP contribution in [-0.2, 0) is 27.3 Å². The molecule has 2 rings (SSSR count). The highest BCUT2D eigenvalue weighted by Gasteiger charge is 2.28. The van der Waals surface area contributed by atoms with Crippen LogP contribution >= 0.6 is 0 Å². The summed E-state index contributed by atoms with van der Waals surface area (Å²) in [6, 6.07) is 14.4. The Bertz CT molecular complexity index is 915. The van der Waals surface area contributed by atoms with Gasteiger partial charge in [0.15, 0.2) is 0 Å². The smallest absolute Gasteiger partial charge is 0.337 e. The fraction of sp³-hybridized carbons (Fsp3) is 0.400. The minimum Gasteiger partial charge on any atom is -0.465 e. The lowest BCUT2D eigenvalue weighted by atomic mass is 9.99. The first-order chi connectivity index (χ1) is 15.7. The summed E-state index contributed by atoms with van der Waals surface area (Å²) in [7, 11) is 1.31. The Balaban J connectivity index is 1.95. The van der Waals surface area contributed by atoms with Crippen LogP contribution in [0.1, 0.15) is 41.8 Å². The molecule has 0 bridgehead atoms. The summed E-state index contributed by atoms with van der Waals surface area (Å²) < 4.78 is 4.67. The van der Waals surface area contributed by atoms with Crippen molar-refractivity contribution in [2.75, 3.05) is 7.11 Å². The molecule has 0 aliphatic carbocycles. The van der Waals surface area contributed by atoms with E-state index in [1.54, 1.807) is 24.3 Å². The fourth-order valence-corrected chi connectivity index (χ4v) is 3.34. The molecule has 0 radical (unpaired) electrons. The number of amides is 2. The summed E-state index contributed by atoms with van der Waals surface area (Å²) >= 11 is 0. The quantitative estimate of drug-likeness (QED) is 0.380. The third kappa shape index (κ3) is 8.32. The molecular formula is C25H33N3O5. The van der Waals surface area contributed by atoms with Crippen molar-refractivity contribution in [2.45, 2.75) is 51.4 Å². The Morgan fingerprint density at radius 1 is 0.970 bits per heavy atom. The molecule has 5 N–H and O–H groups in total. The van der Waals surface area contributed by atoms with E-state index in [1.807, 2.05) is 44.2 Å². The van der Waals surface area contributed by atoms with E-state index >= 15 is 0 Å². The number of rotatable bonds is 11. The van der Waals surface area contributed by atoms with Crippen molar-refractivity contribution < 1.29 is 24.2 Å². The molecule has 3 atom stereocenters. The zero-order valence-electron chi connectivity index (χ0n) is 19.3. The lowest BCUT2D eigenvalue weighted by Crippen LogP contribution is -2.54. The van der Waals surface area contributed by atoms with Gasteiger partial charge in [-0.05, 0) is 42.0 Å². The van der Waals surface area contributed by atoms with Crippen LogP contribution in [0.15, 0.2) is 54.6 Å². The second-order valence-corrected chi connectivity index (χ2v) is 8.40. The summed E-state index contributed by atoms with van der Waals surface area (Å²) in [6.07, 6.45) is -0.712. The summed E-state index contributed by atoms with van der Waals surface area (Å²) in [5.74, 6) is -1.34. The van der Waals surface area contributed by atoms with Gasteiger partial charge in [-0.3, -0.25) is 9.59 Å². The number of benzene rings is 2. The van der Waals surface area contributed by atoms with E-state index in [0.717, 1.165) is 11.1 Å². The van der Waals surface area contributed by atoms with Gasteiger partial charge in [0.1, 0.15) is 12.1 Å². The van der Waals surface area contributed by atoms with E-state index in [-0.39, 0.29) is 18.4 Å². The Kier molecular flexibility index (Phi) is 10.0. The van der Waals surface area contributed by atoms with E-state index in [9.17, 15) is 19.5 Å². The number of aliphatic hydroxyl groups is 1. The van der Waals surface area contributed by atoms with Crippen molar-refractivity contribution in [3.63, 3.8) is 0 Å². The Morgan fingerprint density at radius 3 is 2.18 bits per heavy atom. The lowest BCUT2D eigenvalue weighted by molar-refractivity contribution is -0.135. The first-order valence-corrected chi connectivity index (χ1v) is 10.9. The van der Waals surface area contributed by atoms with E-state index in [2.05, 4.69) is 15.4 Å². The van der Waals surface area contributed by atoms with Gasteiger partial charge in [0.25, 0.3) is 5.91 Å². The average molecular weight is 456 g/mol. The molecule has 0 saturated heterocycles. The fourth-order valence-electron chi connectivity index (χ4n) is 3.34. The second-order valence-electron chi connectivity index (χ2n) is 8.40. The minimum absolute atomic E-state index is 0.135. The highest BCUT2D eigenvalue weighted by molar-refractivity contribution is 5.90. The zero-order valence-corrected chi connectivity index (χ0v) is 19.3. The number of esters is 1. The minimum atomic E-state index is -1.45. The molecule has 0 aromatic heterocycles. The van der Waals surface area contributed by atoms with Crippen LogP contribution in [0.4, 0.5) is 0 Å². The SMILES string of the molecule is COC(=O)c1ccc(CNC(=O)[C@H](CC(C)C)NC(=O)[C@@H](O)[C@H](N)Cc2ccccc2)cc1. The number of hydrogen-bond donors (Lipinski definition) is 4. The first kappa shape index (κ1) is 26.0. The highest BCUT2D eigenvalue weighted by Crippen LogP contribution is 2.10. The van der Waals surface area contributed by atoms with Crippen molar-refractivity contribution in [3.05, 3.63) is 71.3 Å². The van der Waals surface area contributed by atoms with Crippen molar-refractivity contribution >= 4 is 17.8 Å². The van der Waals surface area contributed by atoms with Crippen LogP contribution < -0.4 is 16.4 Å². The van der Waals surface area contributed by atoms with E-state index < -0.39 is 30.1 Å². The van der Waals surface area contributed by atoms with Crippen LogP contribution in [0.5, 0.6) is 0 Å². The van der Waals surface area contributed by atoms with Gasteiger partial charge in [0.2, 0.25) is 5.91 Å². The van der Waals surface area contributed by atoms with Gasteiger partial charge >= 0.3 is 5.97 Å². The summed E-state index contributed by atoms with van der Waals surface area (Å²) in [4.78, 5) is 36.9. The molecule has 8 heteroatoms. The molecule has 0 saturated carbocycles. The van der Waals surface area contributed by atoms with Crippen LogP contribution in [0, 0.1) is 5.92 Å². The average Bonchev–Trinajstić information content (AvgIpc) is 2.81. The van der Waals surface area contributed by atoms with Crippen molar-refractivity contribution in [1.29, 1.82) is 0 Å². The van der Waals surface area contributed by atoms with Gasteiger partial charge in [-0.25, -0.2) is 4.79 Å². The van der Waals surface area contributed by atoms with Crippen LogP contribution in [-0.4, -0.2) is 48.2 Å². The maximum atomic E-state index is 12.8. The Labute approximate surface area is 194 Å². The highest BCUT2D eigenvalue weighted by atomic mass is 16.5. The van der Waals surface area contributed by atoms with E-state index in [1.165, 1.54) is 7.11 Å². The number of carbonyl (C=O) groups is 3. The van der Waals surface area contributed by atoms with Gasteiger partial charge in [-0.2, -0.15) is 0 Å². The molecule has 0 aliphatic heterocycles. The van der Waals surface area contributed by atoms with Gasteiger partial charge in [-0.1, -0.05) is 56.3 Å². The summed E-state index contributed by atoms with van der Waals surface area (Å²) in [5.41, 5.74) is 8.15. The van der Waals surface area contributed by atoms with Crippen molar-refractivity contribution in [1.82, 2.24) is 10.6 Å². The van der Waals surface area contributed by atoms with Crippen LogP contribution in [0.2, 0.25) is 0 Å². The number of ether oxygens (including phenoxy) is 1. The van der Waals surface area contributed by atoms with Crippen molar-refractivity contribution in [2.24, 2.45) is 11.7 Å². The molecule has 178 valence electrons. The maximum absolute atomic E-state index is 12.8. The zero-order chi connectivity index (χ0) is 24.4. The largest absolute Gasteiger partial charge is 0.465 e. The predicted molar refractivity (Wildman–Crippen MR) is 125 cm³/mol. The molecule has 2 aromatic rings. The molecule has 0 heterocycles. The summed E-state index contributed by atoms with van der Waals surface area (Å²) in [6.45, 7) is 4.10.